The van der Waals surface area contributed by atoms with Crippen LogP contribution in [0.5, 0.6) is 0 Å². The highest BCUT2D eigenvalue weighted by Crippen LogP contribution is 2.26. The quantitative estimate of drug-likeness (QED) is 0.744. The van der Waals surface area contributed by atoms with Gasteiger partial charge in [-0.15, -0.1) is 0 Å². The van der Waals surface area contributed by atoms with Crippen molar-refractivity contribution in [3.05, 3.63) is 65.7 Å². The van der Waals surface area contributed by atoms with Gasteiger partial charge in [-0.25, -0.2) is 4.39 Å². The largest absolute Gasteiger partial charge is 0.381 e. The summed E-state index contributed by atoms with van der Waals surface area (Å²) in [5.41, 5.74) is 1.70. The van der Waals surface area contributed by atoms with E-state index in [0.717, 1.165) is 37.2 Å². The molecule has 0 bridgehead atoms. The van der Waals surface area contributed by atoms with Gasteiger partial charge in [-0.3, -0.25) is 9.78 Å². The molecule has 0 radical (unpaired) electrons. The number of pyridine rings is 1. The average Bonchev–Trinajstić information content (AvgIpc) is 2.72. The van der Waals surface area contributed by atoms with Gasteiger partial charge in [-0.05, 0) is 55.5 Å². The van der Waals surface area contributed by atoms with Crippen molar-refractivity contribution in [2.75, 3.05) is 26.3 Å². The molecule has 4 nitrogen and oxygen atoms in total. The molecule has 2 heterocycles. The summed E-state index contributed by atoms with van der Waals surface area (Å²) in [4.78, 5) is 19.7. The molecular weight excluding hydrogens is 343 g/mol. The Kier molecular flexibility index (Phi) is 6.93. The highest BCUT2D eigenvalue weighted by Gasteiger charge is 2.30. The Morgan fingerprint density at radius 1 is 1.30 bits per heavy atom. The van der Waals surface area contributed by atoms with Crippen LogP contribution in [-0.2, 0) is 16.0 Å². The highest BCUT2D eigenvalue weighted by atomic mass is 19.1. The maximum atomic E-state index is 13.4. The fourth-order valence-electron chi connectivity index (χ4n) is 3.68. The second-order valence-corrected chi connectivity index (χ2v) is 7.08. The number of carbonyl (C=O) groups excluding carboxylic acids is 1. The van der Waals surface area contributed by atoms with Gasteiger partial charge in [-0.1, -0.05) is 18.2 Å². The minimum absolute atomic E-state index is 0.0912. The zero-order valence-electron chi connectivity index (χ0n) is 15.8. The van der Waals surface area contributed by atoms with Gasteiger partial charge in [0.25, 0.3) is 0 Å². The number of piperidine rings is 1. The van der Waals surface area contributed by atoms with Crippen molar-refractivity contribution in [3.63, 3.8) is 0 Å². The van der Waals surface area contributed by atoms with E-state index in [0.29, 0.717) is 25.6 Å². The zero-order valence-corrected chi connectivity index (χ0v) is 15.8. The van der Waals surface area contributed by atoms with Crippen molar-refractivity contribution in [2.45, 2.75) is 32.1 Å². The van der Waals surface area contributed by atoms with Crippen LogP contribution in [0.3, 0.4) is 0 Å². The van der Waals surface area contributed by atoms with E-state index in [-0.39, 0.29) is 17.6 Å². The van der Waals surface area contributed by atoms with E-state index in [2.05, 4.69) is 4.98 Å². The predicted octanol–water partition coefficient (Wildman–Crippen LogP) is 3.82. The van der Waals surface area contributed by atoms with Crippen LogP contribution in [0.1, 0.15) is 36.9 Å². The van der Waals surface area contributed by atoms with E-state index in [1.807, 2.05) is 30.0 Å². The van der Waals surface area contributed by atoms with Crippen molar-refractivity contribution < 1.29 is 13.9 Å². The molecule has 2 aromatic rings. The molecule has 1 aromatic carbocycles. The molecule has 27 heavy (non-hydrogen) atoms. The Morgan fingerprint density at radius 2 is 2.11 bits per heavy atom. The molecule has 0 saturated carbocycles. The number of likely N-dealkylation sites (tertiary alicyclic amines) is 1. The molecule has 1 amide bonds. The van der Waals surface area contributed by atoms with Gasteiger partial charge in [0.1, 0.15) is 5.82 Å². The molecule has 5 heteroatoms. The number of carbonyl (C=O) groups is 1. The molecule has 1 fully saturated rings. The zero-order chi connectivity index (χ0) is 19.1. The Hall–Kier alpha value is -2.27. The second kappa shape index (κ2) is 9.60. The van der Waals surface area contributed by atoms with Crippen LogP contribution >= 0.6 is 0 Å². The first kappa shape index (κ1) is 19.5. The van der Waals surface area contributed by atoms with Crippen LogP contribution < -0.4 is 0 Å². The monoisotopic (exact) mass is 370 g/mol. The molecule has 0 spiro atoms. The molecule has 2 atom stereocenters. The molecular formula is C22H27FN2O2. The number of hydrogen-bond donors (Lipinski definition) is 0. The SMILES string of the molecule is CCOCC1CCCN(C(=O)C(Cc2ccccn2)c2ccc(F)cc2)C1. The van der Waals surface area contributed by atoms with Gasteiger partial charge < -0.3 is 9.64 Å². The first-order valence-electron chi connectivity index (χ1n) is 9.69. The molecule has 1 saturated heterocycles. The lowest BCUT2D eigenvalue weighted by molar-refractivity contribution is -0.135. The van der Waals surface area contributed by atoms with Crippen LogP contribution in [0.4, 0.5) is 4.39 Å². The number of halogens is 1. The summed E-state index contributed by atoms with van der Waals surface area (Å²) in [6, 6.07) is 12.0. The van der Waals surface area contributed by atoms with Gasteiger partial charge in [0.05, 0.1) is 12.5 Å². The smallest absolute Gasteiger partial charge is 0.230 e. The van der Waals surface area contributed by atoms with E-state index < -0.39 is 0 Å². The standard InChI is InChI=1S/C22H27FN2O2/c1-2-27-16-17-6-5-13-25(15-17)22(26)21(14-20-7-3-4-12-24-20)18-8-10-19(23)11-9-18/h3-4,7-12,17,21H,2,5-6,13-16H2,1H3. The van der Waals surface area contributed by atoms with Crippen LogP contribution in [-0.4, -0.2) is 42.1 Å². The number of amides is 1. The lowest BCUT2D eigenvalue weighted by Crippen LogP contribution is -2.44. The molecule has 1 aliphatic heterocycles. The summed E-state index contributed by atoms with van der Waals surface area (Å²) in [7, 11) is 0. The maximum Gasteiger partial charge on any atom is 0.230 e. The summed E-state index contributed by atoms with van der Waals surface area (Å²) < 4.78 is 18.9. The van der Waals surface area contributed by atoms with Gasteiger partial charge in [-0.2, -0.15) is 0 Å². The summed E-state index contributed by atoms with van der Waals surface area (Å²) in [6.45, 7) is 4.87. The number of aromatic nitrogens is 1. The lowest BCUT2D eigenvalue weighted by atomic mass is 9.90. The first-order valence-corrected chi connectivity index (χ1v) is 9.69. The Balaban J connectivity index is 1.78. The third-order valence-electron chi connectivity index (χ3n) is 5.10. The number of nitrogens with zero attached hydrogens (tertiary/aromatic N) is 2. The topological polar surface area (TPSA) is 42.4 Å². The van der Waals surface area contributed by atoms with Crippen LogP contribution in [0.2, 0.25) is 0 Å². The van der Waals surface area contributed by atoms with E-state index in [1.54, 1.807) is 18.3 Å². The summed E-state index contributed by atoms with van der Waals surface area (Å²) >= 11 is 0. The molecule has 2 unspecified atom stereocenters. The van der Waals surface area contributed by atoms with Gasteiger partial charge in [0.2, 0.25) is 5.91 Å². The summed E-state index contributed by atoms with van der Waals surface area (Å²) in [5, 5.41) is 0. The normalized spacial score (nSPS) is 18.3. The summed E-state index contributed by atoms with van der Waals surface area (Å²) in [5.74, 6) is -0.177. The van der Waals surface area contributed by atoms with Crippen LogP contribution in [0.25, 0.3) is 0 Å². The van der Waals surface area contributed by atoms with E-state index in [1.165, 1.54) is 12.1 Å². The summed E-state index contributed by atoms with van der Waals surface area (Å²) in [6.07, 6.45) is 4.33. The first-order chi connectivity index (χ1) is 13.2. The molecule has 3 rings (SSSR count). The highest BCUT2D eigenvalue weighted by molar-refractivity contribution is 5.84. The van der Waals surface area contributed by atoms with Gasteiger partial charge in [0, 0.05) is 38.0 Å². The molecule has 0 aliphatic carbocycles. The average molecular weight is 370 g/mol. The van der Waals surface area contributed by atoms with E-state index in [9.17, 15) is 9.18 Å². The van der Waals surface area contributed by atoms with E-state index >= 15 is 0 Å². The predicted molar refractivity (Wildman–Crippen MR) is 103 cm³/mol. The minimum atomic E-state index is -0.355. The second-order valence-electron chi connectivity index (χ2n) is 7.08. The van der Waals surface area contributed by atoms with Crippen LogP contribution in [0, 0.1) is 11.7 Å². The van der Waals surface area contributed by atoms with Crippen molar-refractivity contribution >= 4 is 5.91 Å². The third kappa shape index (κ3) is 5.36. The van der Waals surface area contributed by atoms with Crippen molar-refractivity contribution in [1.29, 1.82) is 0 Å². The molecule has 144 valence electrons. The van der Waals surface area contributed by atoms with Crippen molar-refractivity contribution in [2.24, 2.45) is 5.92 Å². The van der Waals surface area contributed by atoms with E-state index in [4.69, 9.17) is 4.74 Å². The fourth-order valence-corrected chi connectivity index (χ4v) is 3.68. The van der Waals surface area contributed by atoms with Crippen molar-refractivity contribution in [1.82, 2.24) is 9.88 Å². The number of benzene rings is 1. The lowest BCUT2D eigenvalue weighted by Gasteiger charge is -2.35. The number of hydrogen-bond acceptors (Lipinski definition) is 3. The molecule has 0 N–H and O–H groups in total. The third-order valence-corrected chi connectivity index (χ3v) is 5.10. The maximum absolute atomic E-state index is 13.4. The molecule has 1 aromatic heterocycles. The Morgan fingerprint density at radius 3 is 2.81 bits per heavy atom. The Bertz CT molecular complexity index is 721. The van der Waals surface area contributed by atoms with Crippen molar-refractivity contribution in [3.8, 4) is 0 Å². The molecule has 1 aliphatic rings. The Labute approximate surface area is 160 Å². The fraction of sp³-hybridized carbons (Fsp3) is 0.455. The minimum Gasteiger partial charge on any atom is -0.381 e. The number of ether oxygens (including phenoxy) is 1. The van der Waals surface area contributed by atoms with Crippen LogP contribution in [0.15, 0.2) is 48.7 Å². The van der Waals surface area contributed by atoms with Gasteiger partial charge in [0.15, 0.2) is 0 Å². The van der Waals surface area contributed by atoms with Gasteiger partial charge >= 0.3 is 0 Å². The number of rotatable bonds is 7.